The van der Waals surface area contributed by atoms with Crippen LogP contribution in [0.15, 0.2) is 78.9 Å². The number of fused-ring (bicyclic) bond motifs is 1. The third kappa shape index (κ3) is 4.82. The molecule has 0 N–H and O–H groups in total. The van der Waals surface area contributed by atoms with Crippen molar-refractivity contribution in [1.29, 1.82) is 0 Å². The second-order valence-electron chi connectivity index (χ2n) is 7.56. The molecule has 3 aromatic carbocycles. The van der Waals surface area contributed by atoms with Crippen LogP contribution in [0, 0.1) is 6.92 Å². The second kappa shape index (κ2) is 9.49. The molecule has 1 atom stereocenters. The molecule has 0 aliphatic carbocycles. The third-order valence-electron chi connectivity index (χ3n) is 5.14. The molecule has 1 heterocycles. The van der Waals surface area contributed by atoms with Gasteiger partial charge in [-0.1, -0.05) is 42.5 Å². The van der Waals surface area contributed by atoms with E-state index in [1.54, 1.807) is 0 Å². The molecule has 4 rings (SSSR count). The Morgan fingerprint density at radius 1 is 0.867 bits per heavy atom. The highest BCUT2D eigenvalue weighted by Gasteiger charge is 2.17. The van der Waals surface area contributed by atoms with Gasteiger partial charge < -0.3 is 14.0 Å². The number of aromatic nitrogens is 2. The molecule has 30 heavy (non-hydrogen) atoms. The quantitative estimate of drug-likeness (QED) is 0.307. The summed E-state index contributed by atoms with van der Waals surface area (Å²) in [6.45, 7) is 5.74. The first-order chi connectivity index (χ1) is 14.7. The zero-order chi connectivity index (χ0) is 20.8. The lowest BCUT2D eigenvalue weighted by molar-refractivity contribution is 0.211. The third-order valence-corrected chi connectivity index (χ3v) is 5.14. The van der Waals surface area contributed by atoms with Crippen molar-refractivity contribution in [2.24, 2.45) is 0 Å². The summed E-state index contributed by atoms with van der Waals surface area (Å²) >= 11 is 0. The summed E-state index contributed by atoms with van der Waals surface area (Å²) in [6.07, 6.45) is 1.86. The van der Waals surface area contributed by atoms with Crippen molar-refractivity contribution in [2.75, 3.05) is 6.61 Å². The summed E-state index contributed by atoms with van der Waals surface area (Å²) in [5.74, 6) is 2.75. The van der Waals surface area contributed by atoms with Gasteiger partial charge in [-0.25, -0.2) is 4.98 Å². The molecule has 1 unspecified atom stereocenters. The maximum atomic E-state index is 6.16. The first kappa shape index (κ1) is 20.0. The van der Waals surface area contributed by atoms with E-state index in [9.17, 15) is 0 Å². The smallest absolute Gasteiger partial charge is 0.153 e. The van der Waals surface area contributed by atoms with Crippen molar-refractivity contribution in [3.05, 3.63) is 90.3 Å². The zero-order valence-corrected chi connectivity index (χ0v) is 17.6. The molecule has 0 spiro atoms. The van der Waals surface area contributed by atoms with Crippen LogP contribution in [0.25, 0.3) is 11.0 Å². The number of ether oxygens (including phenoxy) is 2. The normalized spacial score (nSPS) is 12.1. The Kier molecular flexibility index (Phi) is 6.33. The minimum Gasteiger partial charge on any atom is -0.494 e. The molecule has 1 aromatic heterocycles. The molecule has 0 saturated carbocycles. The average molecular weight is 401 g/mol. The van der Waals surface area contributed by atoms with Crippen molar-refractivity contribution in [3.63, 3.8) is 0 Å². The van der Waals surface area contributed by atoms with E-state index in [0.29, 0.717) is 6.61 Å². The van der Waals surface area contributed by atoms with Crippen molar-refractivity contribution < 1.29 is 9.47 Å². The van der Waals surface area contributed by atoms with Gasteiger partial charge in [0.2, 0.25) is 0 Å². The monoisotopic (exact) mass is 400 g/mol. The molecular weight excluding hydrogens is 372 g/mol. The predicted octanol–water partition coefficient (Wildman–Crippen LogP) is 6.34. The highest BCUT2D eigenvalue weighted by Crippen LogP contribution is 2.25. The summed E-state index contributed by atoms with van der Waals surface area (Å²) < 4.78 is 14.3. The Labute approximate surface area is 178 Å². The van der Waals surface area contributed by atoms with Crippen LogP contribution in [-0.4, -0.2) is 16.2 Å². The van der Waals surface area contributed by atoms with Gasteiger partial charge >= 0.3 is 0 Å². The Bertz CT molecular complexity index is 1090. The van der Waals surface area contributed by atoms with Gasteiger partial charge in [-0.3, -0.25) is 0 Å². The second-order valence-corrected chi connectivity index (χ2v) is 7.56. The summed E-state index contributed by atoms with van der Waals surface area (Å²) in [5, 5.41) is 0. The first-order valence-electron chi connectivity index (χ1n) is 10.6. The number of benzene rings is 3. The molecule has 0 fully saturated rings. The van der Waals surface area contributed by atoms with E-state index in [-0.39, 0.29) is 6.10 Å². The maximum Gasteiger partial charge on any atom is 0.153 e. The Morgan fingerprint density at radius 2 is 1.63 bits per heavy atom. The van der Waals surface area contributed by atoms with Crippen molar-refractivity contribution in [1.82, 2.24) is 9.55 Å². The number of para-hydroxylation sites is 3. The van der Waals surface area contributed by atoms with Gasteiger partial charge in [0, 0.05) is 6.54 Å². The molecule has 154 valence electrons. The van der Waals surface area contributed by atoms with Crippen molar-refractivity contribution in [2.45, 2.75) is 39.3 Å². The number of unbranched alkanes of at least 4 members (excludes halogenated alkanes) is 1. The Morgan fingerprint density at radius 3 is 2.47 bits per heavy atom. The van der Waals surface area contributed by atoms with E-state index in [1.807, 2.05) is 48.5 Å². The molecule has 0 bridgehead atoms. The lowest BCUT2D eigenvalue weighted by Crippen LogP contribution is -2.12. The highest BCUT2D eigenvalue weighted by molar-refractivity contribution is 5.76. The molecule has 0 aliphatic rings. The number of aryl methyl sites for hydroxylation is 2. The molecule has 0 amide bonds. The lowest BCUT2D eigenvalue weighted by atomic mass is 10.2. The topological polar surface area (TPSA) is 36.3 Å². The molecular formula is C26H28N2O2. The summed E-state index contributed by atoms with van der Waals surface area (Å²) in [5.41, 5.74) is 3.37. The van der Waals surface area contributed by atoms with E-state index in [2.05, 4.69) is 48.7 Å². The number of hydrogen-bond acceptors (Lipinski definition) is 3. The summed E-state index contributed by atoms with van der Waals surface area (Å²) in [7, 11) is 0. The van der Waals surface area contributed by atoms with Crippen molar-refractivity contribution >= 4 is 11.0 Å². The van der Waals surface area contributed by atoms with Gasteiger partial charge in [-0.15, -0.1) is 0 Å². The minimum absolute atomic E-state index is 0.136. The highest BCUT2D eigenvalue weighted by atomic mass is 16.5. The van der Waals surface area contributed by atoms with Crippen LogP contribution in [-0.2, 0) is 6.54 Å². The summed E-state index contributed by atoms with van der Waals surface area (Å²) in [4.78, 5) is 4.87. The van der Waals surface area contributed by atoms with Crippen LogP contribution in [0.4, 0.5) is 0 Å². The lowest BCUT2D eigenvalue weighted by Gasteiger charge is -2.17. The molecule has 0 saturated heterocycles. The van der Waals surface area contributed by atoms with Crippen LogP contribution < -0.4 is 9.47 Å². The van der Waals surface area contributed by atoms with Gasteiger partial charge in [0.25, 0.3) is 0 Å². The number of imidazole rings is 1. The predicted molar refractivity (Wildman–Crippen MR) is 121 cm³/mol. The van der Waals surface area contributed by atoms with Gasteiger partial charge in [0.05, 0.1) is 17.6 Å². The maximum absolute atomic E-state index is 6.16. The molecule has 0 aliphatic heterocycles. The zero-order valence-electron chi connectivity index (χ0n) is 17.6. The van der Waals surface area contributed by atoms with E-state index < -0.39 is 0 Å². The Balaban J connectivity index is 1.42. The fraction of sp³-hybridized carbons (Fsp3) is 0.269. The molecule has 0 radical (unpaired) electrons. The SMILES string of the molecule is Cc1cccc(OCCCCn2c(C(C)Oc3ccccc3)nc3ccccc32)c1. The fourth-order valence-corrected chi connectivity index (χ4v) is 3.66. The van der Waals surface area contributed by atoms with E-state index in [4.69, 9.17) is 14.5 Å². The molecule has 4 aromatic rings. The van der Waals surface area contributed by atoms with Crippen LogP contribution in [0.3, 0.4) is 0 Å². The average Bonchev–Trinajstić information content (AvgIpc) is 3.13. The van der Waals surface area contributed by atoms with Gasteiger partial charge in [-0.05, 0) is 68.7 Å². The number of hydrogen-bond donors (Lipinski definition) is 0. The Hall–Kier alpha value is -3.27. The number of rotatable bonds is 9. The molecule has 4 nitrogen and oxygen atoms in total. The fourth-order valence-electron chi connectivity index (χ4n) is 3.66. The van der Waals surface area contributed by atoms with Crippen LogP contribution >= 0.6 is 0 Å². The van der Waals surface area contributed by atoms with Gasteiger partial charge in [0.15, 0.2) is 11.9 Å². The standard InChI is InChI=1S/C26H28N2O2/c1-20-11-10-14-23(19-20)29-18-9-8-17-28-25-16-7-6-15-24(25)27-26(28)21(2)30-22-12-4-3-5-13-22/h3-7,10-16,19,21H,8-9,17-18H2,1-2H3. The van der Waals surface area contributed by atoms with E-state index >= 15 is 0 Å². The van der Waals surface area contributed by atoms with E-state index in [1.165, 1.54) is 5.56 Å². The van der Waals surface area contributed by atoms with Gasteiger partial charge in [0.1, 0.15) is 11.5 Å². The van der Waals surface area contributed by atoms with Crippen LogP contribution in [0.2, 0.25) is 0 Å². The van der Waals surface area contributed by atoms with Gasteiger partial charge in [-0.2, -0.15) is 0 Å². The van der Waals surface area contributed by atoms with E-state index in [0.717, 1.165) is 47.7 Å². The van der Waals surface area contributed by atoms with Crippen LogP contribution in [0.5, 0.6) is 11.5 Å². The minimum atomic E-state index is -0.136. The largest absolute Gasteiger partial charge is 0.494 e. The molecule has 4 heteroatoms. The van der Waals surface area contributed by atoms with Crippen molar-refractivity contribution in [3.8, 4) is 11.5 Å². The summed E-state index contributed by atoms with van der Waals surface area (Å²) in [6, 6.07) is 26.4. The van der Waals surface area contributed by atoms with Crippen LogP contribution in [0.1, 0.15) is 37.3 Å². The number of nitrogens with zero attached hydrogens (tertiary/aromatic N) is 2. The first-order valence-corrected chi connectivity index (χ1v) is 10.6.